The predicted molar refractivity (Wildman–Crippen MR) is 182 cm³/mol. The van der Waals surface area contributed by atoms with Gasteiger partial charge in [0.05, 0.1) is 34.3 Å². The summed E-state index contributed by atoms with van der Waals surface area (Å²) in [7, 11) is 0. The molecule has 228 valence electrons. The number of pyridine rings is 1. The zero-order valence-electron chi connectivity index (χ0n) is 23.6. The number of amides is 2. The number of carbonyl (C=O) groups is 4. The van der Waals surface area contributed by atoms with Crippen molar-refractivity contribution in [3.05, 3.63) is 93.4 Å². The molecule has 0 N–H and O–H groups in total. The Balaban J connectivity index is 1.18. The van der Waals surface area contributed by atoms with Gasteiger partial charge in [-0.3, -0.25) is 19.3 Å². The molecule has 2 heterocycles. The quantitative estimate of drug-likeness (QED) is 0.0848. The number of alkyl halides is 2. The number of Topliss-reactive ketones (excluding diaryl/α,β-unsaturated/α-hetero) is 1. The van der Waals surface area contributed by atoms with Crippen molar-refractivity contribution < 1.29 is 23.9 Å². The summed E-state index contributed by atoms with van der Waals surface area (Å²) in [5, 5.41) is 0.968. The Morgan fingerprint density at radius 3 is 2.24 bits per heavy atom. The third-order valence-corrected chi connectivity index (χ3v) is 13.1. The van der Waals surface area contributed by atoms with Gasteiger partial charge in [-0.25, -0.2) is 9.78 Å². The maximum atomic E-state index is 13.5. The summed E-state index contributed by atoms with van der Waals surface area (Å²) in [5.74, 6) is -1.67. The zero-order chi connectivity index (χ0) is 31.7. The molecule has 7 rings (SSSR count). The molecule has 1 aliphatic heterocycles. The van der Waals surface area contributed by atoms with E-state index < -0.39 is 12.1 Å². The van der Waals surface area contributed by atoms with Crippen LogP contribution in [0.5, 0.6) is 0 Å². The standard InChI is InChI=1S/C34H24Br3ClN2O5/c1-15(31(41)17-3-2-4-19(38)11-17)45-34(44)22-14-26(39-25-10-7-18(35)12-21(22)25)16-5-8-20(9-6-16)40-32(42)27-23-13-24(28(27)33(40)43)30(37)29(23)36/h2-12,14-15,23-24,27-30H,13H2,1H3. The number of benzene rings is 3. The van der Waals surface area contributed by atoms with E-state index in [4.69, 9.17) is 21.3 Å². The summed E-state index contributed by atoms with van der Waals surface area (Å²) in [6, 6.07) is 20.5. The van der Waals surface area contributed by atoms with Crippen LogP contribution in [0.2, 0.25) is 5.02 Å². The van der Waals surface area contributed by atoms with Gasteiger partial charge < -0.3 is 4.74 Å². The van der Waals surface area contributed by atoms with E-state index in [0.717, 1.165) is 10.9 Å². The third-order valence-electron chi connectivity index (χ3n) is 9.16. The minimum atomic E-state index is -1.06. The molecule has 2 saturated carbocycles. The van der Waals surface area contributed by atoms with Gasteiger partial charge in [0, 0.05) is 35.7 Å². The lowest BCUT2D eigenvalue weighted by Gasteiger charge is -2.28. The summed E-state index contributed by atoms with van der Waals surface area (Å²) >= 11 is 17.0. The summed E-state index contributed by atoms with van der Waals surface area (Å²) in [6.07, 6.45) is -0.188. The molecule has 1 saturated heterocycles. The van der Waals surface area contributed by atoms with Crippen LogP contribution in [-0.4, -0.2) is 44.3 Å². The van der Waals surface area contributed by atoms with E-state index >= 15 is 0 Å². The van der Waals surface area contributed by atoms with Crippen LogP contribution >= 0.6 is 59.4 Å². The van der Waals surface area contributed by atoms with E-state index in [-0.39, 0.29) is 56.5 Å². The summed E-state index contributed by atoms with van der Waals surface area (Å²) in [4.78, 5) is 60.0. The Labute approximate surface area is 289 Å². The molecule has 1 aromatic heterocycles. The summed E-state index contributed by atoms with van der Waals surface area (Å²) in [5.41, 5.74) is 2.83. The summed E-state index contributed by atoms with van der Waals surface area (Å²) in [6.45, 7) is 1.52. The molecule has 4 aromatic rings. The predicted octanol–water partition coefficient (Wildman–Crippen LogP) is 8.03. The van der Waals surface area contributed by atoms with Gasteiger partial charge in [0.15, 0.2) is 6.10 Å². The molecule has 2 bridgehead atoms. The SMILES string of the molecule is CC(OC(=O)c1cc(-c2ccc(N3C(=O)C4C5CC(C(Br)C5Br)C4C3=O)cc2)nc2ccc(Br)cc12)C(=O)c1cccc(Cl)c1. The van der Waals surface area contributed by atoms with E-state index in [9.17, 15) is 19.2 Å². The number of hydrogen-bond donors (Lipinski definition) is 0. The van der Waals surface area contributed by atoms with Crippen molar-refractivity contribution in [3.63, 3.8) is 0 Å². The maximum absolute atomic E-state index is 13.5. The average Bonchev–Trinajstić information content (AvgIpc) is 3.64. The average molecular weight is 816 g/mol. The van der Waals surface area contributed by atoms with Gasteiger partial charge in [0.2, 0.25) is 17.6 Å². The number of hydrogen-bond acceptors (Lipinski definition) is 6. The van der Waals surface area contributed by atoms with Crippen LogP contribution in [0.15, 0.2) is 77.3 Å². The molecule has 2 aliphatic carbocycles. The van der Waals surface area contributed by atoms with Crippen LogP contribution in [0.1, 0.15) is 34.1 Å². The molecular formula is C34H24Br3ClN2O5. The Morgan fingerprint density at radius 1 is 0.933 bits per heavy atom. The van der Waals surface area contributed by atoms with Crippen molar-refractivity contribution in [2.75, 3.05) is 4.90 Å². The Kier molecular flexibility index (Phi) is 7.99. The van der Waals surface area contributed by atoms with Crippen molar-refractivity contribution in [2.24, 2.45) is 23.7 Å². The molecule has 2 amide bonds. The number of fused-ring (bicyclic) bond motifs is 6. The van der Waals surface area contributed by atoms with Gasteiger partial charge in [-0.05, 0) is 73.7 Å². The smallest absolute Gasteiger partial charge is 0.339 e. The highest BCUT2D eigenvalue weighted by atomic mass is 79.9. The largest absolute Gasteiger partial charge is 0.451 e. The third kappa shape index (κ3) is 5.18. The minimum Gasteiger partial charge on any atom is -0.451 e. The summed E-state index contributed by atoms with van der Waals surface area (Å²) < 4.78 is 6.40. The number of ketones is 1. The monoisotopic (exact) mass is 812 g/mol. The van der Waals surface area contributed by atoms with E-state index in [1.807, 2.05) is 6.07 Å². The van der Waals surface area contributed by atoms with Crippen LogP contribution in [-0.2, 0) is 14.3 Å². The molecule has 45 heavy (non-hydrogen) atoms. The van der Waals surface area contributed by atoms with Crippen LogP contribution in [0.4, 0.5) is 5.69 Å². The molecule has 7 nitrogen and oxygen atoms in total. The molecule has 0 radical (unpaired) electrons. The molecule has 11 heteroatoms. The highest BCUT2D eigenvalue weighted by Crippen LogP contribution is 2.60. The van der Waals surface area contributed by atoms with Gasteiger partial charge in [0.25, 0.3) is 0 Å². The zero-order valence-corrected chi connectivity index (χ0v) is 29.1. The van der Waals surface area contributed by atoms with Crippen LogP contribution in [0, 0.1) is 23.7 Å². The van der Waals surface area contributed by atoms with Crippen molar-refractivity contribution in [2.45, 2.75) is 29.1 Å². The number of esters is 1. The molecule has 3 aliphatic rings. The van der Waals surface area contributed by atoms with Gasteiger partial charge in [0.1, 0.15) is 0 Å². The van der Waals surface area contributed by atoms with Crippen LogP contribution < -0.4 is 4.90 Å². The van der Waals surface area contributed by atoms with Gasteiger partial charge in [-0.15, -0.1) is 0 Å². The van der Waals surface area contributed by atoms with Crippen molar-refractivity contribution in [1.29, 1.82) is 0 Å². The molecule has 3 fully saturated rings. The number of nitrogens with zero attached hydrogens (tertiary/aromatic N) is 2. The first-order valence-electron chi connectivity index (χ1n) is 14.4. The second-order valence-corrected chi connectivity index (χ2v) is 15.2. The number of imide groups is 1. The maximum Gasteiger partial charge on any atom is 0.339 e. The fraction of sp³-hybridized carbons (Fsp3) is 0.265. The van der Waals surface area contributed by atoms with Crippen molar-refractivity contribution in [1.82, 2.24) is 4.98 Å². The number of anilines is 1. The molecule has 3 aromatic carbocycles. The number of carbonyl (C=O) groups excluding carboxylic acids is 4. The first-order valence-corrected chi connectivity index (χ1v) is 17.4. The van der Waals surface area contributed by atoms with Gasteiger partial charge in [-0.2, -0.15) is 0 Å². The molecule has 7 unspecified atom stereocenters. The van der Waals surface area contributed by atoms with Gasteiger partial charge in [-0.1, -0.05) is 83.7 Å². The second-order valence-electron chi connectivity index (χ2n) is 11.7. The normalized spacial score (nSPS) is 25.9. The lowest BCUT2D eigenvalue weighted by molar-refractivity contribution is -0.123. The van der Waals surface area contributed by atoms with Crippen molar-refractivity contribution >= 4 is 99.5 Å². The number of ether oxygens (including phenoxy) is 1. The van der Waals surface area contributed by atoms with Gasteiger partial charge >= 0.3 is 5.97 Å². The fourth-order valence-electron chi connectivity index (χ4n) is 7.05. The van der Waals surface area contributed by atoms with Crippen LogP contribution in [0.3, 0.4) is 0 Å². The highest BCUT2D eigenvalue weighted by Gasteiger charge is 2.66. The Bertz CT molecular complexity index is 1890. The van der Waals surface area contributed by atoms with Crippen molar-refractivity contribution in [3.8, 4) is 11.3 Å². The van der Waals surface area contributed by atoms with E-state index in [1.54, 1.807) is 60.7 Å². The Hall–Kier alpha value is -2.92. The van der Waals surface area contributed by atoms with E-state index in [2.05, 4.69) is 47.8 Å². The first-order chi connectivity index (χ1) is 21.5. The number of halogens is 4. The van der Waals surface area contributed by atoms with E-state index in [0.29, 0.717) is 38.4 Å². The first kappa shape index (κ1) is 30.7. The van der Waals surface area contributed by atoms with E-state index in [1.165, 1.54) is 17.9 Å². The Morgan fingerprint density at radius 2 is 1.60 bits per heavy atom. The fourth-order valence-corrected chi connectivity index (χ4v) is 9.48. The minimum absolute atomic E-state index is 0.133. The molecule has 0 spiro atoms. The molecule has 7 atom stereocenters. The molecular weight excluding hydrogens is 792 g/mol. The number of rotatable bonds is 6. The van der Waals surface area contributed by atoms with Crippen LogP contribution in [0.25, 0.3) is 22.2 Å². The highest BCUT2D eigenvalue weighted by molar-refractivity contribution is 9.12. The lowest BCUT2D eigenvalue weighted by atomic mass is 9.81. The number of aromatic nitrogens is 1. The second kappa shape index (κ2) is 11.7. The lowest BCUT2D eigenvalue weighted by Crippen LogP contribution is -2.37. The topological polar surface area (TPSA) is 93.6 Å².